The zero-order valence-corrected chi connectivity index (χ0v) is 13.7. The Balaban J connectivity index is 2.28. The van der Waals surface area contributed by atoms with Crippen molar-refractivity contribution in [3.8, 4) is 0 Å². The van der Waals surface area contributed by atoms with Crippen molar-refractivity contribution in [1.82, 2.24) is 9.97 Å². The van der Waals surface area contributed by atoms with Crippen LogP contribution in [0.3, 0.4) is 0 Å². The fourth-order valence-corrected chi connectivity index (χ4v) is 2.02. The molecule has 0 bridgehead atoms. The molecule has 0 amide bonds. The lowest BCUT2D eigenvalue weighted by molar-refractivity contribution is 0.490. The molecule has 0 aromatic carbocycles. The van der Waals surface area contributed by atoms with Gasteiger partial charge < -0.3 is 15.1 Å². The molecule has 5 nitrogen and oxygen atoms in total. The fourth-order valence-electron chi connectivity index (χ4n) is 2.02. The Labute approximate surface area is 126 Å². The topological polar surface area (TPSA) is 63.0 Å². The highest BCUT2D eigenvalue weighted by atomic mass is 16.3. The Bertz CT molecular complexity index is 626. The molecular formula is C16H24N4O. The van der Waals surface area contributed by atoms with Crippen molar-refractivity contribution in [3.63, 3.8) is 0 Å². The molecule has 2 aromatic rings. The smallest absolute Gasteiger partial charge is 0.138 e. The monoisotopic (exact) mass is 288 g/mol. The van der Waals surface area contributed by atoms with E-state index >= 15 is 0 Å². The summed E-state index contributed by atoms with van der Waals surface area (Å²) in [6.45, 7) is 10.9. The predicted octanol–water partition coefficient (Wildman–Crippen LogP) is 3.64. The Morgan fingerprint density at radius 3 is 2.29 bits per heavy atom. The van der Waals surface area contributed by atoms with E-state index in [9.17, 15) is 0 Å². The minimum absolute atomic E-state index is 0.100. The summed E-state index contributed by atoms with van der Waals surface area (Å²) in [5, 5.41) is 6.48. The normalized spacial score (nSPS) is 11.5. The van der Waals surface area contributed by atoms with Crippen molar-refractivity contribution in [1.29, 1.82) is 0 Å². The van der Waals surface area contributed by atoms with Gasteiger partial charge in [-0.3, -0.25) is 0 Å². The van der Waals surface area contributed by atoms with Crippen molar-refractivity contribution in [2.24, 2.45) is 0 Å². The summed E-state index contributed by atoms with van der Waals surface area (Å²) in [5.74, 6) is 4.32. The van der Waals surface area contributed by atoms with Crippen molar-refractivity contribution in [3.05, 3.63) is 35.0 Å². The van der Waals surface area contributed by atoms with Gasteiger partial charge in [-0.15, -0.1) is 0 Å². The second-order valence-corrected chi connectivity index (χ2v) is 6.24. The van der Waals surface area contributed by atoms with Crippen molar-refractivity contribution in [2.45, 2.75) is 46.6 Å². The molecule has 0 atom stereocenters. The average molecular weight is 288 g/mol. The second kappa shape index (κ2) is 5.76. The lowest BCUT2D eigenvalue weighted by Gasteiger charge is -2.20. The van der Waals surface area contributed by atoms with E-state index in [-0.39, 0.29) is 5.41 Å². The van der Waals surface area contributed by atoms with Gasteiger partial charge in [-0.1, -0.05) is 20.8 Å². The molecule has 114 valence electrons. The molecule has 0 aliphatic rings. The molecule has 2 aromatic heterocycles. The van der Waals surface area contributed by atoms with Crippen LogP contribution in [0.15, 0.2) is 16.5 Å². The molecule has 2 rings (SSSR count). The van der Waals surface area contributed by atoms with Gasteiger partial charge >= 0.3 is 0 Å². The zero-order valence-electron chi connectivity index (χ0n) is 13.7. The van der Waals surface area contributed by atoms with Gasteiger partial charge in [0.15, 0.2) is 0 Å². The standard InChI is InChI=1S/C16H24N4O/c1-10-7-8-12(21-10)9-18-14-11(2)13(17-6)19-15(20-14)16(3,4)5/h7-8H,9H2,1-6H3,(H2,17,18,19,20). The molecule has 0 spiro atoms. The maximum atomic E-state index is 5.58. The molecule has 0 unspecified atom stereocenters. The van der Waals surface area contributed by atoms with E-state index in [2.05, 4.69) is 41.4 Å². The number of hydrogen-bond donors (Lipinski definition) is 2. The predicted molar refractivity (Wildman–Crippen MR) is 85.8 cm³/mol. The van der Waals surface area contributed by atoms with Crippen LogP contribution in [-0.2, 0) is 12.0 Å². The van der Waals surface area contributed by atoms with E-state index < -0.39 is 0 Å². The van der Waals surface area contributed by atoms with Crippen LogP contribution in [0.1, 0.15) is 43.7 Å². The van der Waals surface area contributed by atoms with E-state index in [0.29, 0.717) is 6.54 Å². The van der Waals surface area contributed by atoms with Gasteiger partial charge in [0.05, 0.1) is 6.54 Å². The molecular weight excluding hydrogens is 264 g/mol. The van der Waals surface area contributed by atoms with Crippen molar-refractivity contribution >= 4 is 11.6 Å². The maximum Gasteiger partial charge on any atom is 0.138 e. The highest BCUT2D eigenvalue weighted by Gasteiger charge is 2.20. The van der Waals surface area contributed by atoms with Crippen LogP contribution in [0, 0.1) is 13.8 Å². The quantitative estimate of drug-likeness (QED) is 0.899. The molecule has 0 fully saturated rings. The number of anilines is 2. The Morgan fingerprint density at radius 1 is 1.10 bits per heavy atom. The van der Waals surface area contributed by atoms with Gasteiger partial charge in [0.1, 0.15) is 29.0 Å². The van der Waals surface area contributed by atoms with Crippen molar-refractivity contribution in [2.75, 3.05) is 17.7 Å². The molecule has 2 heterocycles. The summed E-state index contributed by atoms with van der Waals surface area (Å²) in [5.41, 5.74) is 0.908. The number of aryl methyl sites for hydroxylation is 1. The van der Waals surface area contributed by atoms with Gasteiger partial charge in [-0.2, -0.15) is 0 Å². The fraction of sp³-hybridized carbons (Fsp3) is 0.500. The molecule has 21 heavy (non-hydrogen) atoms. The summed E-state index contributed by atoms with van der Waals surface area (Å²) in [6.07, 6.45) is 0. The second-order valence-electron chi connectivity index (χ2n) is 6.24. The first kappa shape index (κ1) is 15.4. The molecule has 2 N–H and O–H groups in total. The molecule has 0 aliphatic heterocycles. The summed E-state index contributed by atoms with van der Waals surface area (Å²) in [4.78, 5) is 9.27. The molecule has 5 heteroatoms. The first-order valence-corrected chi connectivity index (χ1v) is 7.17. The summed E-state index contributed by atoms with van der Waals surface area (Å²) in [6, 6.07) is 3.94. The Morgan fingerprint density at radius 2 is 1.76 bits per heavy atom. The number of rotatable bonds is 4. The van der Waals surface area contributed by atoms with Gasteiger partial charge in [0.25, 0.3) is 0 Å². The third kappa shape index (κ3) is 3.54. The van der Waals surface area contributed by atoms with Crippen molar-refractivity contribution < 1.29 is 4.42 Å². The van der Waals surface area contributed by atoms with Crippen LogP contribution >= 0.6 is 0 Å². The third-order valence-corrected chi connectivity index (χ3v) is 3.28. The Hall–Kier alpha value is -2.04. The van der Waals surface area contributed by atoms with Gasteiger partial charge in [0.2, 0.25) is 0 Å². The van der Waals surface area contributed by atoms with Crippen LogP contribution < -0.4 is 10.6 Å². The van der Waals surface area contributed by atoms with Crippen LogP contribution in [-0.4, -0.2) is 17.0 Å². The third-order valence-electron chi connectivity index (χ3n) is 3.28. The Kier molecular flexibility index (Phi) is 4.21. The summed E-state index contributed by atoms with van der Waals surface area (Å²) >= 11 is 0. The number of hydrogen-bond acceptors (Lipinski definition) is 5. The first-order valence-electron chi connectivity index (χ1n) is 7.17. The summed E-state index contributed by atoms with van der Waals surface area (Å²) < 4.78 is 5.58. The molecule has 0 aliphatic carbocycles. The lowest BCUT2D eigenvalue weighted by atomic mass is 9.95. The maximum absolute atomic E-state index is 5.58. The van der Waals surface area contributed by atoms with Gasteiger partial charge in [-0.25, -0.2) is 9.97 Å². The largest absolute Gasteiger partial charge is 0.465 e. The van der Waals surface area contributed by atoms with Crippen LogP contribution in [0.4, 0.5) is 11.6 Å². The van der Waals surface area contributed by atoms with E-state index in [1.807, 2.05) is 33.0 Å². The van der Waals surface area contributed by atoms with E-state index in [0.717, 1.165) is 34.5 Å². The number of aromatic nitrogens is 2. The number of nitrogens with zero attached hydrogens (tertiary/aromatic N) is 2. The molecule has 0 saturated heterocycles. The minimum atomic E-state index is -0.100. The molecule has 0 saturated carbocycles. The molecule has 0 radical (unpaired) electrons. The van der Waals surface area contributed by atoms with E-state index in [1.54, 1.807) is 0 Å². The highest BCUT2D eigenvalue weighted by molar-refractivity contribution is 5.57. The van der Waals surface area contributed by atoms with E-state index in [4.69, 9.17) is 4.42 Å². The zero-order chi connectivity index (χ0) is 15.6. The number of furan rings is 1. The van der Waals surface area contributed by atoms with Crippen LogP contribution in [0.5, 0.6) is 0 Å². The SMILES string of the molecule is CNc1nc(C(C)(C)C)nc(NCc2ccc(C)o2)c1C. The van der Waals surface area contributed by atoms with Gasteiger partial charge in [-0.05, 0) is 26.0 Å². The lowest BCUT2D eigenvalue weighted by Crippen LogP contribution is -2.19. The first-order chi connectivity index (χ1) is 9.81. The number of nitrogens with one attached hydrogen (secondary N) is 2. The summed E-state index contributed by atoms with van der Waals surface area (Å²) in [7, 11) is 1.88. The average Bonchev–Trinajstić information content (AvgIpc) is 2.82. The van der Waals surface area contributed by atoms with Gasteiger partial charge in [0, 0.05) is 18.0 Å². The van der Waals surface area contributed by atoms with Crippen LogP contribution in [0.2, 0.25) is 0 Å². The highest BCUT2D eigenvalue weighted by Crippen LogP contribution is 2.26. The van der Waals surface area contributed by atoms with E-state index in [1.165, 1.54) is 0 Å². The minimum Gasteiger partial charge on any atom is -0.465 e. The van der Waals surface area contributed by atoms with Crippen LogP contribution in [0.25, 0.3) is 0 Å².